The predicted octanol–water partition coefficient (Wildman–Crippen LogP) is 3.21. The molecular formula is C20H22ClN5O2. The van der Waals surface area contributed by atoms with Crippen molar-refractivity contribution >= 4 is 34.4 Å². The smallest absolute Gasteiger partial charge is 0.305 e. The molecule has 7 nitrogen and oxygen atoms in total. The topological polar surface area (TPSA) is 91.9 Å². The summed E-state index contributed by atoms with van der Waals surface area (Å²) in [5, 5.41) is 8.60. The predicted molar refractivity (Wildman–Crippen MR) is 109 cm³/mol. The number of carbonyl (C=O) groups is 1. The first-order valence-electron chi connectivity index (χ1n) is 9.31. The summed E-state index contributed by atoms with van der Waals surface area (Å²) in [6.45, 7) is 1.49. The van der Waals surface area contributed by atoms with Gasteiger partial charge in [0.05, 0.1) is 13.2 Å². The Balaban J connectivity index is 1.48. The number of halogens is 1. The number of hydrogen-bond acceptors (Lipinski definition) is 6. The lowest BCUT2D eigenvalue weighted by molar-refractivity contribution is -0.140. The maximum absolute atomic E-state index is 11.1. The average molecular weight is 400 g/mol. The maximum atomic E-state index is 11.1. The third kappa shape index (κ3) is 3.81. The first kappa shape index (κ1) is 18.7. The maximum Gasteiger partial charge on any atom is 0.305 e. The molecule has 0 radical (unpaired) electrons. The van der Waals surface area contributed by atoms with Gasteiger partial charge in [0.25, 0.3) is 0 Å². The fraction of sp³-hybridized carbons (Fsp3) is 0.350. The molecular weight excluding hydrogens is 378 g/mol. The van der Waals surface area contributed by atoms with Crippen molar-refractivity contribution in [3.63, 3.8) is 0 Å². The molecule has 0 spiro atoms. The number of nitrogens with one attached hydrogen (secondary N) is 3. The number of nitrogens with zero attached hydrogens (tertiary/aromatic N) is 2. The molecule has 0 fully saturated rings. The lowest BCUT2D eigenvalue weighted by Gasteiger charge is -2.24. The molecule has 0 saturated carbocycles. The van der Waals surface area contributed by atoms with Gasteiger partial charge in [-0.05, 0) is 36.6 Å². The minimum atomic E-state index is -0.211. The number of fused-ring (bicyclic) bond motifs is 3. The van der Waals surface area contributed by atoms with E-state index in [-0.39, 0.29) is 12.0 Å². The summed E-state index contributed by atoms with van der Waals surface area (Å²) in [5.41, 5.74) is 4.53. The van der Waals surface area contributed by atoms with Crippen molar-refractivity contribution in [3.8, 4) is 0 Å². The van der Waals surface area contributed by atoms with E-state index in [2.05, 4.69) is 30.3 Å². The number of rotatable bonds is 6. The molecule has 28 heavy (non-hydrogen) atoms. The molecule has 0 unspecified atom stereocenters. The molecule has 8 heteroatoms. The van der Waals surface area contributed by atoms with Gasteiger partial charge in [-0.2, -0.15) is 0 Å². The first-order valence-corrected chi connectivity index (χ1v) is 9.69. The van der Waals surface area contributed by atoms with Gasteiger partial charge in [-0.3, -0.25) is 4.79 Å². The lowest BCUT2D eigenvalue weighted by atomic mass is 9.96. The van der Waals surface area contributed by atoms with Crippen LogP contribution in [0.1, 0.15) is 35.7 Å². The highest BCUT2D eigenvalue weighted by atomic mass is 35.5. The average Bonchev–Trinajstić information content (AvgIpc) is 3.09. The Labute approximate surface area is 167 Å². The van der Waals surface area contributed by atoms with E-state index in [9.17, 15) is 4.79 Å². The highest BCUT2D eigenvalue weighted by molar-refractivity contribution is 6.31. The summed E-state index contributed by atoms with van der Waals surface area (Å²) in [6, 6.07) is 5.96. The van der Waals surface area contributed by atoms with Gasteiger partial charge in [0.1, 0.15) is 0 Å². The molecule has 0 saturated heterocycles. The molecule has 3 aromatic rings. The van der Waals surface area contributed by atoms with Crippen LogP contribution >= 0.6 is 11.6 Å². The summed E-state index contributed by atoms with van der Waals surface area (Å²) in [6.07, 6.45) is 5.67. The van der Waals surface area contributed by atoms with Crippen LogP contribution in [0, 0.1) is 0 Å². The van der Waals surface area contributed by atoms with Crippen LogP contribution in [-0.2, 0) is 16.0 Å². The van der Waals surface area contributed by atoms with Crippen LogP contribution in [0.25, 0.3) is 10.9 Å². The summed E-state index contributed by atoms with van der Waals surface area (Å²) in [4.78, 5) is 23.5. The molecule has 3 heterocycles. The quantitative estimate of drug-likeness (QED) is 0.435. The Kier molecular flexibility index (Phi) is 5.45. The molecule has 4 rings (SSSR count). The van der Waals surface area contributed by atoms with Crippen molar-refractivity contribution < 1.29 is 9.53 Å². The minimum Gasteiger partial charge on any atom is -0.469 e. The summed E-state index contributed by atoms with van der Waals surface area (Å²) in [7, 11) is 1.39. The summed E-state index contributed by atoms with van der Waals surface area (Å²) < 4.78 is 4.63. The molecule has 0 aliphatic carbocycles. The number of esters is 1. The van der Waals surface area contributed by atoms with Crippen molar-refractivity contribution in [2.45, 2.75) is 25.3 Å². The second-order valence-electron chi connectivity index (χ2n) is 6.79. The first-order chi connectivity index (χ1) is 13.7. The number of aromatic amines is 1. The van der Waals surface area contributed by atoms with Crippen molar-refractivity contribution in [2.75, 3.05) is 25.5 Å². The molecule has 1 aromatic carbocycles. The highest BCUT2D eigenvalue weighted by Crippen LogP contribution is 2.34. The zero-order valence-electron chi connectivity index (χ0n) is 15.6. The van der Waals surface area contributed by atoms with E-state index >= 15 is 0 Å². The summed E-state index contributed by atoms with van der Waals surface area (Å²) in [5.74, 6) is 0.338. The molecule has 1 aliphatic heterocycles. The van der Waals surface area contributed by atoms with E-state index in [1.54, 1.807) is 0 Å². The van der Waals surface area contributed by atoms with Gasteiger partial charge in [0, 0.05) is 59.1 Å². The Morgan fingerprint density at radius 1 is 1.36 bits per heavy atom. The van der Waals surface area contributed by atoms with E-state index in [0.29, 0.717) is 25.3 Å². The number of aromatic nitrogens is 3. The van der Waals surface area contributed by atoms with Gasteiger partial charge < -0.3 is 20.4 Å². The number of anilines is 1. The molecule has 0 bridgehead atoms. The Bertz CT molecular complexity index is 986. The van der Waals surface area contributed by atoms with E-state index in [1.807, 2.05) is 30.6 Å². The number of H-pyrrole nitrogens is 1. The van der Waals surface area contributed by atoms with Crippen LogP contribution in [0.3, 0.4) is 0 Å². The monoisotopic (exact) mass is 399 g/mol. The third-order valence-electron chi connectivity index (χ3n) is 4.99. The standard InChI is InChI=1S/C20H22ClN5O2/c1-28-17(27)3-2-7-23-20-24-10-12(11-25-20)18-19-14(6-8-22-18)15-9-13(21)4-5-16(15)26-19/h4-5,9-11,18,22,26H,2-3,6-8H2,1H3,(H,23,24,25)/t18-/m0/s1. The van der Waals surface area contributed by atoms with Crippen LogP contribution in [0.4, 0.5) is 5.95 Å². The van der Waals surface area contributed by atoms with Crippen LogP contribution in [0.15, 0.2) is 30.6 Å². The summed E-state index contributed by atoms with van der Waals surface area (Å²) >= 11 is 6.18. The van der Waals surface area contributed by atoms with Gasteiger partial charge >= 0.3 is 5.97 Å². The Morgan fingerprint density at radius 3 is 2.96 bits per heavy atom. The Morgan fingerprint density at radius 2 is 2.18 bits per heavy atom. The van der Waals surface area contributed by atoms with E-state index in [0.717, 1.165) is 34.8 Å². The second kappa shape index (κ2) is 8.16. The highest BCUT2D eigenvalue weighted by Gasteiger charge is 2.25. The number of ether oxygens (including phenoxy) is 1. The fourth-order valence-electron chi connectivity index (χ4n) is 3.60. The van der Waals surface area contributed by atoms with Crippen molar-refractivity contribution in [1.82, 2.24) is 20.3 Å². The normalized spacial score (nSPS) is 16.0. The van der Waals surface area contributed by atoms with Crippen molar-refractivity contribution in [3.05, 3.63) is 52.4 Å². The van der Waals surface area contributed by atoms with Crippen LogP contribution in [-0.4, -0.2) is 41.1 Å². The SMILES string of the molecule is COC(=O)CCCNc1ncc([C@@H]2NCCc3c2[nH]c2ccc(Cl)cc32)cn1. The zero-order valence-corrected chi connectivity index (χ0v) is 16.3. The zero-order chi connectivity index (χ0) is 19.5. The number of carbonyl (C=O) groups excluding carboxylic acids is 1. The van der Waals surface area contributed by atoms with E-state index < -0.39 is 0 Å². The number of hydrogen-bond donors (Lipinski definition) is 3. The van der Waals surface area contributed by atoms with Crippen molar-refractivity contribution in [2.24, 2.45) is 0 Å². The lowest BCUT2D eigenvalue weighted by Crippen LogP contribution is -2.30. The van der Waals surface area contributed by atoms with Crippen LogP contribution in [0.2, 0.25) is 5.02 Å². The van der Waals surface area contributed by atoms with Gasteiger partial charge in [0.15, 0.2) is 0 Å². The molecule has 2 aromatic heterocycles. The largest absolute Gasteiger partial charge is 0.469 e. The molecule has 1 atom stereocenters. The molecule has 1 aliphatic rings. The molecule has 0 amide bonds. The fourth-order valence-corrected chi connectivity index (χ4v) is 3.77. The van der Waals surface area contributed by atoms with Gasteiger partial charge in [-0.15, -0.1) is 0 Å². The van der Waals surface area contributed by atoms with Crippen LogP contribution in [0.5, 0.6) is 0 Å². The van der Waals surface area contributed by atoms with E-state index in [1.165, 1.54) is 18.1 Å². The second-order valence-corrected chi connectivity index (χ2v) is 7.23. The molecule has 146 valence electrons. The molecule has 3 N–H and O–H groups in total. The van der Waals surface area contributed by atoms with Crippen LogP contribution < -0.4 is 10.6 Å². The van der Waals surface area contributed by atoms with Gasteiger partial charge in [-0.1, -0.05) is 11.6 Å². The Hall–Kier alpha value is -2.64. The van der Waals surface area contributed by atoms with Gasteiger partial charge in [0.2, 0.25) is 5.95 Å². The van der Waals surface area contributed by atoms with Crippen molar-refractivity contribution in [1.29, 1.82) is 0 Å². The third-order valence-corrected chi connectivity index (χ3v) is 5.22. The number of benzene rings is 1. The minimum absolute atomic E-state index is 0.0169. The van der Waals surface area contributed by atoms with E-state index in [4.69, 9.17) is 11.6 Å². The number of methoxy groups -OCH3 is 1. The van der Waals surface area contributed by atoms with Gasteiger partial charge in [-0.25, -0.2) is 9.97 Å².